The van der Waals surface area contributed by atoms with Crippen molar-refractivity contribution >= 4 is 33.2 Å². The standard InChI is InChI=1S/C15H14BrClFN/c1-9-3-5-12(16)15(7-9)19-10(2)11-4-6-14(18)13(17)8-11/h3-8,10,19H,1-2H3. The summed E-state index contributed by atoms with van der Waals surface area (Å²) in [6.45, 7) is 4.05. The lowest BCUT2D eigenvalue weighted by atomic mass is 10.1. The molecule has 1 nitrogen and oxygen atoms in total. The van der Waals surface area contributed by atoms with Crippen LogP contribution in [-0.2, 0) is 0 Å². The van der Waals surface area contributed by atoms with Crippen LogP contribution in [-0.4, -0.2) is 0 Å². The van der Waals surface area contributed by atoms with Crippen molar-refractivity contribution in [2.45, 2.75) is 19.9 Å². The highest BCUT2D eigenvalue weighted by Crippen LogP contribution is 2.28. The third kappa shape index (κ3) is 3.48. The predicted octanol–water partition coefficient (Wildman–Crippen LogP) is 5.72. The molecule has 0 amide bonds. The van der Waals surface area contributed by atoms with E-state index in [0.29, 0.717) is 0 Å². The molecule has 0 spiro atoms. The van der Waals surface area contributed by atoms with Gasteiger partial charge >= 0.3 is 0 Å². The fourth-order valence-electron chi connectivity index (χ4n) is 1.85. The second kappa shape index (κ2) is 5.93. The first-order valence-electron chi connectivity index (χ1n) is 5.95. The van der Waals surface area contributed by atoms with E-state index in [2.05, 4.69) is 27.3 Å². The van der Waals surface area contributed by atoms with Crippen LogP contribution in [0, 0.1) is 12.7 Å². The average molecular weight is 343 g/mol. The third-order valence-corrected chi connectivity index (χ3v) is 3.92. The molecule has 1 atom stereocenters. The second-order valence-electron chi connectivity index (χ2n) is 4.52. The second-order valence-corrected chi connectivity index (χ2v) is 5.78. The molecule has 0 bridgehead atoms. The number of anilines is 1. The lowest BCUT2D eigenvalue weighted by molar-refractivity contribution is 0.627. The van der Waals surface area contributed by atoms with Gasteiger partial charge in [0.05, 0.1) is 5.02 Å². The molecular formula is C15H14BrClFN. The molecule has 1 N–H and O–H groups in total. The molecule has 0 heterocycles. The van der Waals surface area contributed by atoms with Gasteiger partial charge in [-0.25, -0.2) is 4.39 Å². The topological polar surface area (TPSA) is 12.0 Å². The van der Waals surface area contributed by atoms with Crippen LogP contribution in [0.25, 0.3) is 0 Å². The molecule has 2 rings (SSSR count). The molecule has 0 aliphatic carbocycles. The maximum absolute atomic E-state index is 13.1. The van der Waals surface area contributed by atoms with Crippen molar-refractivity contribution in [3.8, 4) is 0 Å². The third-order valence-electron chi connectivity index (χ3n) is 2.94. The van der Waals surface area contributed by atoms with Crippen molar-refractivity contribution < 1.29 is 4.39 Å². The summed E-state index contributed by atoms with van der Waals surface area (Å²) in [6.07, 6.45) is 0. The minimum Gasteiger partial charge on any atom is -0.378 e. The van der Waals surface area contributed by atoms with Gasteiger partial charge < -0.3 is 5.32 Å². The number of nitrogens with one attached hydrogen (secondary N) is 1. The summed E-state index contributed by atoms with van der Waals surface area (Å²) < 4.78 is 14.1. The Kier molecular flexibility index (Phi) is 4.48. The molecule has 1 unspecified atom stereocenters. The lowest BCUT2D eigenvalue weighted by Crippen LogP contribution is -2.07. The van der Waals surface area contributed by atoms with E-state index in [0.717, 1.165) is 15.7 Å². The van der Waals surface area contributed by atoms with E-state index in [1.165, 1.54) is 11.6 Å². The maximum Gasteiger partial charge on any atom is 0.141 e. The van der Waals surface area contributed by atoms with Crippen LogP contribution in [0.15, 0.2) is 40.9 Å². The van der Waals surface area contributed by atoms with Crippen molar-refractivity contribution in [1.82, 2.24) is 0 Å². The Balaban J connectivity index is 2.22. The van der Waals surface area contributed by atoms with Crippen molar-refractivity contribution in [3.05, 3.63) is 62.8 Å². The van der Waals surface area contributed by atoms with Gasteiger partial charge in [-0.15, -0.1) is 0 Å². The van der Waals surface area contributed by atoms with Crippen LogP contribution < -0.4 is 5.32 Å². The normalized spacial score (nSPS) is 12.3. The molecule has 0 aromatic heterocycles. The molecule has 0 aliphatic heterocycles. The van der Waals surface area contributed by atoms with Crippen molar-refractivity contribution in [2.24, 2.45) is 0 Å². The molecule has 4 heteroatoms. The van der Waals surface area contributed by atoms with Gasteiger partial charge in [-0.2, -0.15) is 0 Å². The molecule has 0 fully saturated rings. The summed E-state index contributed by atoms with van der Waals surface area (Å²) in [6, 6.07) is 10.9. The highest BCUT2D eigenvalue weighted by Gasteiger charge is 2.10. The summed E-state index contributed by atoms with van der Waals surface area (Å²) in [5, 5.41) is 3.53. The van der Waals surface area contributed by atoms with Crippen molar-refractivity contribution in [2.75, 3.05) is 5.32 Å². The van der Waals surface area contributed by atoms with E-state index in [-0.39, 0.29) is 11.1 Å². The zero-order valence-corrected chi connectivity index (χ0v) is 13.0. The van der Waals surface area contributed by atoms with E-state index >= 15 is 0 Å². The molecule has 2 aromatic rings. The molecule has 0 aliphatic rings. The number of benzene rings is 2. The quantitative estimate of drug-likeness (QED) is 0.752. The van der Waals surface area contributed by atoms with Crippen LogP contribution in [0.3, 0.4) is 0 Å². The highest BCUT2D eigenvalue weighted by molar-refractivity contribution is 9.10. The lowest BCUT2D eigenvalue weighted by Gasteiger charge is -2.17. The Labute approximate surface area is 125 Å². The average Bonchev–Trinajstić information content (AvgIpc) is 2.37. The van der Waals surface area contributed by atoms with Gasteiger partial charge in [-0.1, -0.05) is 23.7 Å². The van der Waals surface area contributed by atoms with Crippen LogP contribution in [0.1, 0.15) is 24.1 Å². The van der Waals surface area contributed by atoms with Crippen LogP contribution >= 0.6 is 27.5 Å². The van der Waals surface area contributed by atoms with Crippen LogP contribution in [0.5, 0.6) is 0 Å². The Morgan fingerprint density at radius 2 is 1.95 bits per heavy atom. The first kappa shape index (κ1) is 14.4. The van der Waals surface area contributed by atoms with E-state index in [9.17, 15) is 4.39 Å². The van der Waals surface area contributed by atoms with Crippen molar-refractivity contribution in [3.63, 3.8) is 0 Å². The summed E-state index contributed by atoms with van der Waals surface area (Å²) in [7, 11) is 0. The van der Waals surface area contributed by atoms with Crippen molar-refractivity contribution in [1.29, 1.82) is 0 Å². The smallest absolute Gasteiger partial charge is 0.141 e. The summed E-state index contributed by atoms with van der Waals surface area (Å²) >= 11 is 9.31. The number of halogens is 3. The van der Waals surface area contributed by atoms with E-state index < -0.39 is 5.82 Å². The maximum atomic E-state index is 13.1. The predicted molar refractivity (Wildman–Crippen MR) is 82.3 cm³/mol. The number of aryl methyl sites for hydroxylation is 1. The monoisotopic (exact) mass is 341 g/mol. The van der Waals surface area contributed by atoms with Gasteiger partial charge in [0.15, 0.2) is 0 Å². The minimum absolute atomic E-state index is 0.0381. The van der Waals surface area contributed by atoms with Gasteiger partial charge in [0.2, 0.25) is 0 Å². The number of rotatable bonds is 3. The Morgan fingerprint density at radius 1 is 1.21 bits per heavy atom. The zero-order valence-electron chi connectivity index (χ0n) is 10.7. The largest absolute Gasteiger partial charge is 0.378 e. The van der Waals surface area contributed by atoms with E-state index in [1.807, 2.05) is 26.0 Å². The SMILES string of the molecule is Cc1ccc(Br)c(NC(C)c2ccc(F)c(Cl)c2)c1. The number of hydrogen-bond acceptors (Lipinski definition) is 1. The molecule has 100 valence electrons. The van der Waals surface area contributed by atoms with E-state index in [1.54, 1.807) is 12.1 Å². The Morgan fingerprint density at radius 3 is 2.63 bits per heavy atom. The molecule has 0 saturated carbocycles. The Hall–Kier alpha value is -1.06. The minimum atomic E-state index is -0.394. The number of hydrogen-bond donors (Lipinski definition) is 1. The first-order chi connectivity index (χ1) is 8.97. The summed E-state index contributed by atoms with van der Waals surface area (Å²) in [4.78, 5) is 0. The fraction of sp³-hybridized carbons (Fsp3) is 0.200. The van der Waals surface area contributed by atoms with Gasteiger partial charge in [-0.05, 0) is 65.2 Å². The summed E-state index contributed by atoms with van der Waals surface area (Å²) in [5.74, 6) is -0.394. The van der Waals surface area contributed by atoms with E-state index in [4.69, 9.17) is 11.6 Å². The Bertz CT molecular complexity index is 601. The van der Waals surface area contributed by atoms with Gasteiger partial charge in [0.25, 0.3) is 0 Å². The van der Waals surface area contributed by atoms with Crippen LogP contribution in [0.4, 0.5) is 10.1 Å². The molecular weight excluding hydrogens is 329 g/mol. The zero-order chi connectivity index (χ0) is 14.0. The molecule has 0 saturated heterocycles. The van der Waals surface area contributed by atoms with Gasteiger partial charge in [-0.3, -0.25) is 0 Å². The highest BCUT2D eigenvalue weighted by atomic mass is 79.9. The van der Waals surface area contributed by atoms with Gasteiger partial charge in [0, 0.05) is 16.2 Å². The van der Waals surface area contributed by atoms with Crippen LogP contribution in [0.2, 0.25) is 5.02 Å². The summed E-state index contributed by atoms with van der Waals surface area (Å²) in [5.41, 5.74) is 3.13. The molecule has 2 aromatic carbocycles. The molecule has 19 heavy (non-hydrogen) atoms. The fourth-order valence-corrected chi connectivity index (χ4v) is 2.40. The first-order valence-corrected chi connectivity index (χ1v) is 7.12. The van der Waals surface area contributed by atoms with Gasteiger partial charge in [0.1, 0.15) is 5.82 Å². The molecule has 0 radical (unpaired) electrons.